The number of nitrogens with one attached hydrogen (secondary N) is 1. The molecule has 1 N–H and O–H groups in total. The van der Waals surface area contributed by atoms with Crippen LogP contribution in [0.15, 0.2) is 48.9 Å². The lowest BCUT2D eigenvalue weighted by molar-refractivity contribution is 0.254. The molecule has 5 heterocycles. The summed E-state index contributed by atoms with van der Waals surface area (Å²) < 4.78 is 0. The molecular weight excluding hydrogens is 354 g/mol. The molecule has 0 radical (unpaired) electrons. The van der Waals surface area contributed by atoms with Crippen LogP contribution in [-0.2, 0) is 0 Å². The van der Waals surface area contributed by atoms with Gasteiger partial charge in [-0.15, -0.1) is 0 Å². The van der Waals surface area contributed by atoms with E-state index in [1.807, 2.05) is 37.4 Å². The van der Waals surface area contributed by atoms with Gasteiger partial charge in [-0.2, -0.15) is 0 Å². The Kier molecular flexibility index (Phi) is 3.89. The molecule has 1 atom stereocenters. The number of nitrogens with zero attached hydrogens (tertiary/aromatic N) is 6. The number of pyridine rings is 2. The number of aromatic nitrogens is 4. The summed E-state index contributed by atoms with van der Waals surface area (Å²) in [5.74, 6) is 1.75. The molecule has 8 nitrogen and oxygen atoms in total. The molecule has 8 heteroatoms. The smallest absolute Gasteiger partial charge is 0.329 e. The van der Waals surface area contributed by atoms with E-state index >= 15 is 0 Å². The molecule has 0 spiro atoms. The lowest BCUT2D eigenvalue weighted by atomic mass is 10.2. The van der Waals surface area contributed by atoms with Crippen molar-refractivity contribution in [3.05, 3.63) is 54.6 Å². The summed E-state index contributed by atoms with van der Waals surface area (Å²) in [7, 11) is 0. The zero-order valence-electron chi connectivity index (χ0n) is 15.4. The summed E-state index contributed by atoms with van der Waals surface area (Å²) in [6, 6.07) is 9.12. The third-order valence-corrected chi connectivity index (χ3v) is 5.12. The number of rotatable bonds is 2. The van der Waals surface area contributed by atoms with E-state index in [0.29, 0.717) is 17.5 Å². The fraction of sp³-hybridized carbons (Fsp3) is 0.250. The summed E-state index contributed by atoms with van der Waals surface area (Å²) >= 11 is 0. The number of hydrogen-bond acceptors (Lipinski definition) is 6. The van der Waals surface area contributed by atoms with Gasteiger partial charge in [0, 0.05) is 36.7 Å². The second kappa shape index (κ2) is 6.56. The van der Waals surface area contributed by atoms with Crippen LogP contribution in [0.3, 0.4) is 0 Å². The standard InChI is InChI=1S/C20H19N7O/c1-13-10-14(5-8-21-13)18-23-11-16-19(25-18)27(15-6-9-26(16)12-15)20(28)24-17-4-2-3-7-22-17/h2-5,7-8,10-11,15H,6,9,12H2,1H3,(H,22,24,28). The van der Waals surface area contributed by atoms with Gasteiger partial charge in [0.05, 0.1) is 17.9 Å². The zero-order valence-corrected chi connectivity index (χ0v) is 15.4. The molecule has 2 bridgehead atoms. The van der Waals surface area contributed by atoms with Crippen molar-refractivity contribution < 1.29 is 4.79 Å². The van der Waals surface area contributed by atoms with Gasteiger partial charge in [-0.05, 0) is 37.6 Å². The van der Waals surface area contributed by atoms with Gasteiger partial charge in [-0.1, -0.05) is 6.07 Å². The molecular formula is C20H19N7O. The maximum absolute atomic E-state index is 13.1. The third kappa shape index (κ3) is 2.83. The van der Waals surface area contributed by atoms with Crippen LogP contribution >= 0.6 is 0 Å². The second-order valence-electron chi connectivity index (χ2n) is 6.99. The Morgan fingerprint density at radius 3 is 2.93 bits per heavy atom. The first kappa shape index (κ1) is 16.6. The van der Waals surface area contributed by atoms with Gasteiger partial charge < -0.3 is 4.90 Å². The molecule has 5 rings (SSSR count). The minimum absolute atomic E-state index is 0.0816. The van der Waals surface area contributed by atoms with Crippen LogP contribution in [0.1, 0.15) is 12.1 Å². The predicted molar refractivity (Wildman–Crippen MR) is 106 cm³/mol. The Morgan fingerprint density at radius 2 is 2.11 bits per heavy atom. The number of carbonyl (C=O) groups excluding carboxylic acids is 1. The topological polar surface area (TPSA) is 87.1 Å². The molecule has 1 fully saturated rings. The van der Waals surface area contributed by atoms with Gasteiger partial charge in [0.15, 0.2) is 11.6 Å². The number of urea groups is 1. The first-order valence-corrected chi connectivity index (χ1v) is 9.25. The first-order valence-electron chi connectivity index (χ1n) is 9.25. The lowest BCUT2D eigenvalue weighted by Crippen LogP contribution is -2.48. The molecule has 0 saturated carbocycles. The summed E-state index contributed by atoms with van der Waals surface area (Å²) in [5, 5.41) is 2.89. The summed E-state index contributed by atoms with van der Waals surface area (Å²) in [4.78, 5) is 34.9. The van der Waals surface area contributed by atoms with Crippen molar-refractivity contribution in [3.8, 4) is 11.4 Å². The summed E-state index contributed by atoms with van der Waals surface area (Å²) in [5.41, 5.74) is 2.67. The highest BCUT2D eigenvalue weighted by molar-refractivity contribution is 6.04. The number of carbonyl (C=O) groups is 1. The second-order valence-corrected chi connectivity index (χ2v) is 6.99. The summed E-state index contributed by atoms with van der Waals surface area (Å²) in [6.45, 7) is 3.61. The van der Waals surface area contributed by atoms with Crippen LogP contribution in [0.5, 0.6) is 0 Å². The quantitative estimate of drug-likeness (QED) is 0.743. The molecule has 2 aliphatic rings. The number of hydrogen-bond donors (Lipinski definition) is 1. The molecule has 140 valence electrons. The minimum atomic E-state index is -0.220. The molecule has 1 saturated heterocycles. The van der Waals surface area contributed by atoms with Gasteiger partial charge in [-0.3, -0.25) is 15.2 Å². The van der Waals surface area contributed by atoms with Crippen molar-refractivity contribution in [2.45, 2.75) is 19.4 Å². The van der Waals surface area contributed by atoms with E-state index in [2.05, 4.69) is 25.2 Å². The largest absolute Gasteiger partial charge is 0.365 e. The van der Waals surface area contributed by atoms with Crippen molar-refractivity contribution in [1.82, 2.24) is 19.9 Å². The van der Waals surface area contributed by atoms with Crippen LogP contribution < -0.4 is 15.1 Å². The first-order chi connectivity index (χ1) is 13.7. The Labute approximate surface area is 162 Å². The van der Waals surface area contributed by atoms with E-state index in [1.54, 1.807) is 23.4 Å². The molecule has 1 unspecified atom stereocenters. The van der Waals surface area contributed by atoms with Crippen molar-refractivity contribution >= 4 is 23.4 Å². The van der Waals surface area contributed by atoms with Crippen LogP contribution in [-0.4, -0.2) is 45.1 Å². The van der Waals surface area contributed by atoms with Crippen molar-refractivity contribution in [3.63, 3.8) is 0 Å². The molecule has 3 aromatic heterocycles. The van der Waals surface area contributed by atoms with Crippen molar-refractivity contribution in [2.24, 2.45) is 0 Å². The monoisotopic (exact) mass is 373 g/mol. The van der Waals surface area contributed by atoms with Crippen LogP contribution in [0.4, 0.5) is 22.1 Å². The minimum Gasteiger partial charge on any atom is -0.365 e. The normalized spacial score (nSPS) is 17.4. The maximum atomic E-state index is 13.1. The highest BCUT2D eigenvalue weighted by atomic mass is 16.2. The van der Waals surface area contributed by atoms with E-state index in [4.69, 9.17) is 4.98 Å². The van der Waals surface area contributed by atoms with Crippen molar-refractivity contribution in [2.75, 3.05) is 28.2 Å². The molecule has 28 heavy (non-hydrogen) atoms. The van der Waals surface area contributed by atoms with Gasteiger partial charge in [0.2, 0.25) is 0 Å². The Bertz CT molecular complexity index is 1040. The Hall–Kier alpha value is -3.55. The van der Waals surface area contributed by atoms with Crippen LogP contribution in [0.2, 0.25) is 0 Å². The average molecular weight is 373 g/mol. The zero-order chi connectivity index (χ0) is 19.1. The van der Waals surface area contributed by atoms with Crippen LogP contribution in [0, 0.1) is 6.92 Å². The van der Waals surface area contributed by atoms with Gasteiger partial charge in [-0.25, -0.2) is 19.7 Å². The molecule has 2 aliphatic heterocycles. The maximum Gasteiger partial charge on any atom is 0.329 e. The number of amides is 2. The van der Waals surface area contributed by atoms with Crippen LogP contribution in [0.25, 0.3) is 11.4 Å². The highest BCUT2D eigenvalue weighted by Crippen LogP contribution is 2.39. The predicted octanol–water partition coefficient (Wildman–Crippen LogP) is 2.87. The number of anilines is 3. The molecule has 0 aromatic carbocycles. The summed E-state index contributed by atoms with van der Waals surface area (Å²) in [6.07, 6.45) is 6.11. The SMILES string of the molecule is Cc1cc(-c2ncc3c(n2)N(C(=O)Nc2ccccn2)C2CCN3C2)ccn1. The fourth-order valence-corrected chi connectivity index (χ4v) is 3.80. The van der Waals surface area contributed by atoms with Crippen molar-refractivity contribution in [1.29, 1.82) is 0 Å². The van der Waals surface area contributed by atoms with E-state index in [9.17, 15) is 4.79 Å². The Morgan fingerprint density at radius 1 is 1.18 bits per heavy atom. The number of fused-ring (bicyclic) bond motifs is 4. The fourth-order valence-electron chi connectivity index (χ4n) is 3.80. The van der Waals surface area contributed by atoms with Gasteiger partial charge in [0.25, 0.3) is 0 Å². The van der Waals surface area contributed by atoms with E-state index in [-0.39, 0.29) is 12.1 Å². The third-order valence-electron chi connectivity index (χ3n) is 5.12. The average Bonchev–Trinajstić information content (AvgIpc) is 3.13. The van der Waals surface area contributed by atoms with E-state index < -0.39 is 0 Å². The van der Waals surface area contributed by atoms with E-state index in [0.717, 1.165) is 36.5 Å². The highest BCUT2D eigenvalue weighted by Gasteiger charge is 2.40. The molecule has 3 aromatic rings. The van der Waals surface area contributed by atoms with Gasteiger partial charge in [0.1, 0.15) is 5.82 Å². The number of aryl methyl sites for hydroxylation is 1. The van der Waals surface area contributed by atoms with E-state index in [1.165, 1.54) is 0 Å². The van der Waals surface area contributed by atoms with Gasteiger partial charge >= 0.3 is 6.03 Å². The Balaban J connectivity index is 1.54. The lowest BCUT2D eigenvalue weighted by Gasteiger charge is -2.35. The molecule has 2 amide bonds. The molecule has 0 aliphatic carbocycles.